The molecule has 16 heavy (non-hydrogen) atoms. The molecule has 6 nitrogen and oxygen atoms in total. The highest BCUT2D eigenvalue weighted by atomic mass is 16.2. The molecule has 1 saturated heterocycles. The van der Waals surface area contributed by atoms with Crippen molar-refractivity contribution in [1.82, 2.24) is 15.2 Å². The fourth-order valence-electron chi connectivity index (χ4n) is 1.95. The fourth-order valence-corrected chi connectivity index (χ4v) is 1.95. The fraction of sp³-hybridized carbons (Fsp3) is 0.800. The van der Waals surface area contributed by atoms with Gasteiger partial charge in [-0.25, -0.2) is 5.84 Å². The lowest BCUT2D eigenvalue weighted by Crippen LogP contribution is -2.56. The number of nitrogens with two attached hydrogens (primary N) is 1. The largest absolute Gasteiger partial charge is 0.347 e. The van der Waals surface area contributed by atoms with Crippen molar-refractivity contribution in [3.8, 4) is 0 Å². The Kier molecular flexibility index (Phi) is 4.26. The van der Waals surface area contributed by atoms with Gasteiger partial charge in [-0.2, -0.15) is 0 Å². The number of piperidine rings is 1. The summed E-state index contributed by atoms with van der Waals surface area (Å²) in [6.07, 6.45) is 1.60. The third-order valence-corrected chi connectivity index (χ3v) is 2.83. The van der Waals surface area contributed by atoms with Crippen LogP contribution in [0.1, 0.15) is 12.8 Å². The first-order chi connectivity index (χ1) is 7.45. The molecule has 0 saturated carbocycles. The molecule has 0 aromatic carbocycles. The van der Waals surface area contributed by atoms with Crippen LogP contribution in [-0.2, 0) is 9.59 Å². The molecule has 0 aliphatic carbocycles. The van der Waals surface area contributed by atoms with Crippen LogP contribution in [0.2, 0.25) is 0 Å². The molecule has 1 aliphatic heterocycles. The summed E-state index contributed by atoms with van der Waals surface area (Å²) in [5.41, 5.74) is 0. The maximum Gasteiger partial charge on any atom is 0.241 e. The van der Waals surface area contributed by atoms with Crippen molar-refractivity contribution in [3.05, 3.63) is 0 Å². The molecule has 1 rings (SSSR count). The number of nitrogens with zero attached hydrogens (tertiary/aromatic N) is 2. The molecule has 0 spiro atoms. The van der Waals surface area contributed by atoms with Crippen molar-refractivity contribution in [3.63, 3.8) is 0 Å². The van der Waals surface area contributed by atoms with Crippen molar-refractivity contribution in [2.24, 2.45) is 11.8 Å². The van der Waals surface area contributed by atoms with Crippen LogP contribution in [0, 0.1) is 5.92 Å². The summed E-state index contributed by atoms with van der Waals surface area (Å²) in [5, 5.41) is 4.15. The van der Waals surface area contributed by atoms with Gasteiger partial charge >= 0.3 is 0 Å². The number of carbonyl (C=O) groups is 2. The molecule has 0 aromatic heterocycles. The van der Waals surface area contributed by atoms with Crippen molar-refractivity contribution in [2.45, 2.75) is 18.9 Å². The lowest BCUT2D eigenvalue weighted by Gasteiger charge is -2.33. The first kappa shape index (κ1) is 12.9. The van der Waals surface area contributed by atoms with E-state index < -0.39 is 6.04 Å². The molecule has 0 radical (unpaired) electrons. The van der Waals surface area contributed by atoms with E-state index in [4.69, 9.17) is 5.84 Å². The van der Waals surface area contributed by atoms with Gasteiger partial charge in [-0.15, -0.1) is 0 Å². The second kappa shape index (κ2) is 5.27. The molecular weight excluding hydrogens is 208 g/mol. The van der Waals surface area contributed by atoms with Gasteiger partial charge in [-0.1, -0.05) is 0 Å². The van der Waals surface area contributed by atoms with E-state index in [0.29, 0.717) is 6.42 Å². The lowest BCUT2D eigenvalue weighted by molar-refractivity contribution is -0.143. The number of hydrogen-bond donors (Lipinski definition) is 2. The van der Waals surface area contributed by atoms with E-state index in [2.05, 4.69) is 5.32 Å². The van der Waals surface area contributed by atoms with E-state index in [1.807, 2.05) is 0 Å². The Balaban J connectivity index is 2.79. The molecule has 1 aliphatic rings. The van der Waals surface area contributed by atoms with Gasteiger partial charge in [0.25, 0.3) is 0 Å². The molecule has 2 amide bonds. The van der Waals surface area contributed by atoms with Crippen LogP contribution in [0.3, 0.4) is 0 Å². The minimum absolute atomic E-state index is 0.0695. The number of rotatable bonds is 2. The molecule has 92 valence electrons. The van der Waals surface area contributed by atoms with Gasteiger partial charge in [0, 0.05) is 21.1 Å². The van der Waals surface area contributed by atoms with Crippen LogP contribution >= 0.6 is 0 Å². The smallest absolute Gasteiger partial charge is 0.241 e. The zero-order valence-corrected chi connectivity index (χ0v) is 10.1. The predicted molar refractivity (Wildman–Crippen MR) is 60.2 cm³/mol. The first-order valence-corrected chi connectivity index (χ1v) is 5.42. The summed E-state index contributed by atoms with van der Waals surface area (Å²) >= 11 is 0. The number of hydrogen-bond acceptors (Lipinski definition) is 4. The zero-order valence-electron chi connectivity index (χ0n) is 10.1. The monoisotopic (exact) mass is 228 g/mol. The number of likely N-dealkylation sites (N-methyl/N-ethyl adjacent to an activating group) is 1. The maximum absolute atomic E-state index is 11.9. The maximum atomic E-state index is 11.9. The average Bonchev–Trinajstić information content (AvgIpc) is 2.26. The summed E-state index contributed by atoms with van der Waals surface area (Å²) in [4.78, 5) is 25.2. The highest BCUT2D eigenvalue weighted by Crippen LogP contribution is 2.19. The molecule has 2 atom stereocenters. The Morgan fingerprint density at radius 2 is 1.88 bits per heavy atom. The van der Waals surface area contributed by atoms with Crippen LogP contribution in [-0.4, -0.2) is 55.5 Å². The van der Waals surface area contributed by atoms with E-state index in [0.717, 1.165) is 18.0 Å². The molecule has 6 heteroatoms. The SMILES string of the molecule is CN(C)C(=O)C1NCCCC1C(=O)N(C)N. The van der Waals surface area contributed by atoms with Crippen molar-refractivity contribution in [2.75, 3.05) is 27.7 Å². The van der Waals surface area contributed by atoms with Gasteiger partial charge in [-0.05, 0) is 19.4 Å². The van der Waals surface area contributed by atoms with Crippen molar-refractivity contribution >= 4 is 11.8 Å². The number of carbonyl (C=O) groups excluding carboxylic acids is 2. The van der Waals surface area contributed by atoms with Crippen LogP contribution in [0.4, 0.5) is 0 Å². The van der Waals surface area contributed by atoms with Crippen LogP contribution in [0.15, 0.2) is 0 Å². The second-order valence-corrected chi connectivity index (χ2v) is 4.36. The first-order valence-electron chi connectivity index (χ1n) is 5.42. The van der Waals surface area contributed by atoms with E-state index >= 15 is 0 Å². The molecule has 2 unspecified atom stereocenters. The van der Waals surface area contributed by atoms with E-state index in [-0.39, 0.29) is 17.7 Å². The standard InChI is InChI=1S/C10H20N4O2/c1-13(2)10(16)8-7(5-4-6-12-8)9(15)14(3)11/h7-8,12H,4-6,11H2,1-3H3. The Hall–Kier alpha value is -1.14. The van der Waals surface area contributed by atoms with Gasteiger partial charge in [0.1, 0.15) is 0 Å². The molecule has 0 bridgehead atoms. The van der Waals surface area contributed by atoms with Gasteiger partial charge < -0.3 is 10.2 Å². The summed E-state index contributed by atoms with van der Waals surface area (Å²) in [6.45, 7) is 0.766. The summed E-state index contributed by atoms with van der Waals surface area (Å²) < 4.78 is 0. The Labute approximate surface area is 95.7 Å². The minimum Gasteiger partial charge on any atom is -0.347 e. The van der Waals surface area contributed by atoms with Crippen molar-refractivity contribution < 1.29 is 9.59 Å². The molecule has 3 N–H and O–H groups in total. The van der Waals surface area contributed by atoms with E-state index in [1.54, 1.807) is 14.1 Å². The van der Waals surface area contributed by atoms with Crippen LogP contribution < -0.4 is 11.2 Å². The van der Waals surface area contributed by atoms with Gasteiger partial charge in [-0.3, -0.25) is 14.6 Å². The Morgan fingerprint density at radius 1 is 1.25 bits per heavy atom. The summed E-state index contributed by atoms with van der Waals surface area (Å²) in [5.74, 6) is 4.83. The number of nitrogens with one attached hydrogen (secondary N) is 1. The minimum atomic E-state index is -0.442. The predicted octanol–water partition coefficient (Wildman–Crippen LogP) is -1.23. The van der Waals surface area contributed by atoms with Crippen molar-refractivity contribution in [1.29, 1.82) is 0 Å². The normalized spacial score (nSPS) is 25.0. The third kappa shape index (κ3) is 2.70. The molecule has 1 fully saturated rings. The topological polar surface area (TPSA) is 78.7 Å². The van der Waals surface area contributed by atoms with Gasteiger partial charge in [0.15, 0.2) is 0 Å². The average molecular weight is 228 g/mol. The summed E-state index contributed by atoms with van der Waals surface area (Å²) in [7, 11) is 4.88. The zero-order chi connectivity index (χ0) is 12.3. The van der Waals surface area contributed by atoms with E-state index in [9.17, 15) is 9.59 Å². The molecule has 0 aromatic rings. The summed E-state index contributed by atoms with van der Waals surface area (Å²) in [6, 6.07) is -0.442. The highest BCUT2D eigenvalue weighted by Gasteiger charge is 2.37. The van der Waals surface area contributed by atoms with Crippen LogP contribution in [0.25, 0.3) is 0 Å². The van der Waals surface area contributed by atoms with E-state index in [1.165, 1.54) is 11.9 Å². The highest BCUT2D eigenvalue weighted by molar-refractivity contribution is 5.89. The molecule has 1 heterocycles. The second-order valence-electron chi connectivity index (χ2n) is 4.36. The van der Waals surface area contributed by atoms with Gasteiger partial charge in [0.05, 0.1) is 12.0 Å². The number of hydrazine groups is 1. The van der Waals surface area contributed by atoms with Crippen LogP contribution in [0.5, 0.6) is 0 Å². The third-order valence-electron chi connectivity index (χ3n) is 2.83. The quantitative estimate of drug-likeness (QED) is 0.352. The Bertz CT molecular complexity index is 250. The van der Waals surface area contributed by atoms with Gasteiger partial charge in [0.2, 0.25) is 11.8 Å². The lowest BCUT2D eigenvalue weighted by atomic mass is 9.89. The molecular formula is C10H20N4O2. The number of amides is 2. The Morgan fingerprint density at radius 3 is 2.38 bits per heavy atom.